The standard InChI is InChI=1S/C15H22N2O3/c1-14(2)3-5-15(20,6-4-14)10-17-13(19)11-7-12(18)9-16-8-11/h7-9,18,20H,3-6,10H2,1-2H3,(H,17,19). The molecular formula is C15H22N2O3. The molecule has 1 saturated carbocycles. The highest BCUT2D eigenvalue weighted by Crippen LogP contribution is 2.39. The zero-order valence-electron chi connectivity index (χ0n) is 12.0. The molecule has 0 unspecified atom stereocenters. The largest absolute Gasteiger partial charge is 0.506 e. The van der Waals surface area contributed by atoms with Gasteiger partial charge in [0.2, 0.25) is 0 Å². The Balaban J connectivity index is 1.90. The van der Waals surface area contributed by atoms with Crippen LogP contribution >= 0.6 is 0 Å². The highest BCUT2D eigenvalue weighted by atomic mass is 16.3. The third-order valence-corrected chi connectivity index (χ3v) is 4.10. The summed E-state index contributed by atoms with van der Waals surface area (Å²) in [6.45, 7) is 4.63. The summed E-state index contributed by atoms with van der Waals surface area (Å²) in [6.07, 6.45) is 5.95. The van der Waals surface area contributed by atoms with Crippen molar-refractivity contribution in [1.29, 1.82) is 0 Å². The SMILES string of the molecule is CC1(C)CCC(O)(CNC(=O)c2cncc(O)c2)CC1. The molecule has 0 atom stereocenters. The normalized spacial score (nSPS) is 20.4. The van der Waals surface area contributed by atoms with E-state index in [0.717, 1.165) is 12.8 Å². The molecule has 1 aromatic rings. The second-order valence-corrected chi connectivity index (χ2v) is 6.50. The van der Waals surface area contributed by atoms with Gasteiger partial charge in [-0.25, -0.2) is 0 Å². The van der Waals surface area contributed by atoms with Crippen LogP contribution in [0, 0.1) is 5.41 Å². The lowest BCUT2D eigenvalue weighted by molar-refractivity contribution is -0.0233. The quantitative estimate of drug-likeness (QED) is 0.788. The second kappa shape index (κ2) is 5.40. The molecule has 0 saturated heterocycles. The van der Waals surface area contributed by atoms with Gasteiger partial charge in [-0.3, -0.25) is 9.78 Å². The van der Waals surface area contributed by atoms with Crippen LogP contribution in [0.15, 0.2) is 18.5 Å². The van der Waals surface area contributed by atoms with Crippen LogP contribution in [-0.4, -0.2) is 33.3 Å². The molecule has 1 aliphatic rings. The van der Waals surface area contributed by atoms with E-state index in [-0.39, 0.29) is 23.6 Å². The maximum Gasteiger partial charge on any atom is 0.253 e. The lowest BCUT2D eigenvalue weighted by atomic mass is 9.71. The van der Waals surface area contributed by atoms with E-state index >= 15 is 0 Å². The average Bonchev–Trinajstić information content (AvgIpc) is 2.40. The topological polar surface area (TPSA) is 82.5 Å². The minimum atomic E-state index is -0.824. The van der Waals surface area contributed by atoms with Crippen molar-refractivity contribution >= 4 is 5.91 Å². The third-order valence-electron chi connectivity index (χ3n) is 4.10. The second-order valence-electron chi connectivity index (χ2n) is 6.50. The molecule has 1 aromatic heterocycles. The first kappa shape index (κ1) is 14.8. The lowest BCUT2D eigenvalue weighted by Gasteiger charge is -2.40. The van der Waals surface area contributed by atoms with Crippen molar-refractivity contribution < 1.29 is 15.0 Å². The maximum absolute atomic E-state index is 11.9. The lowest BCUT2D eigenvalue weighted by Crippen LogP contribution is -2.46. The van der Waals surface area contributed by atoms with Gasteiger partial charge in [0, 0.05) is 12.7 Å². The first-order valence-electron chi connectivity index (χ1n) is 6.94. The number of pyridine rings is 1. The van der Waals surface area contributed by atoms with E-state index in [1.807, 2.05) is 0 Å². The molecule has 2 rings (SSSR count). The number of nitrogens with zero attached hydrogens (tertiary/aromatic N) is 1. The Hall–Kier alpha value is -1.62. The number of aromatic nitrogens is 1. The van der Waals surface area contributed by atoms with Crippen LogP contribution in [0.25, 0.3) is 0 Å². The fourth-order valence-corrected chi connectivity index (χ4v) is 2.47. The molecule has 1 heterocycles. The van der Waals surface area contributed by atoms with Gasteiger partial charge in [-0.1, -0.05) is 13.8 Å². The van der Waals surface area contributed by atoms with Gasteiger partial charge in [0.1, 0.15) is 5.75 Å². The summed E-state index contributed by atoms with van der Waals surface area (Å²) in [5.41, 5.74) is -0.259. The number of aliphatic hydroxyl groups is 1. The van der Waals surface area contributed by atoms with Crippen molar-refractivity contribution in [3.63, 3.8) is 0 Å². The van der Waals surface area contributed by atoms with Crippen molar-refractivity contribution in [2.75, 3.05) is 6.54 Å². The number of rotatable bonds is 3. The Kier molecular flexibility index (Phi) is 3.99. The van der Waals surface area contributed by atoms with Crippen LogP contribution in [0.5, 0.6) is 5.75 Å². The molecule has 0 spiro atoms. The molecule has 1 fully saturated rings. The summed E-state index contributed by atoms with van der Waals surface area (Å²) in [6, 6.07) is 1.36. The van der Waals surface area contributed by atoms with Gasteiger partial charge in [0.25, 0.3) is 5.91 Å². The predicted octanol–water partition coefficient (Wildman–Crippen LogP) is 1.85. The number of nitrogens with one attached hydrogen (secondary N) is 1. The van der Waals surface area contributed by atoms with Crippen molar-refractivity contribution in [3.05, 3.63) is 24.0 Å². The number of carbonyl (C=O) groups excluding carboxylic acids is 1. The third kappa shape index (κ3) is 3.70. The van der Waals surface area contributed by atoms with Gasteiger partial charge in [0.05, 0.1) is 17.4 Å². The first-order chi connectivity index (χ1) is 9.30. The highest BCUT2D eigenvalue weighted by Gasteiger charge is 2.36. The van der Waals surface area contributed by atoms with E-state index in [2.05, 4.69) is 24.1 Å². The van der Waals surface area contributed by atoms with Crippen LogP contribution in [0.4, 0.5) is 0 Å². The van der Waals surface area contributed by atoms with Crippen LogP contribution < -0.4 is 5.32 Å². The van der Waals surface area contributed by atoms with Gasteiger partial charge in [-0.15, -0.1) is 0 Å². The van der Waals surface area contributed by atoms with Gasteiger partial charge in [-0.05, 0) is 37.2 Å². The van der Waals surface area contributed by atoms with Crippen molar-refractivity contribution in [2.24, 2.45) is 5.41 Å². The molecule has 1 amide bonds. The average molecular weight is 278 g/mol. The summed E-state index contributed by atoms with van der Waals surface area (Å²) >= 11 is 0. The van der Waals surface area contributed by atoms with E-state index in [1.165, 1.54) is 18.5 Å². The first-order valence-corrected chi connectivity index (χ1v) is 6.94. The van der Waals surface area contributed by atoms with Crippen LogP contribution in [0.1, 0.15) is 49.9 Å². The van der Waals surface area contributed by atoms with E-state index in [0.29, 0.717) is 18.4 Å². The zero-order valence-corrected chi connectivity index (χ0v) is 12.0. The smallest absolute Gasteiger partial charge is 0.253 e. The Labute approximate surface area is 119 Å². The number of aromatic hydroxyl groups is 1. The molecule has 0 radical (unpaired) electrons. The summed E-state index contributed by atoms with van der Waals surface area (Å²) in [4.78, 5) is 15.7. The van der Waals surface area contributed by atoms with Gasteiger partial charge in [0.15, 0.2) is 0 Å². The molecule has 20 heavy (non-hydrogen) atoms. The Morgan fingerprint density at radius 1 is 1.30 bits per heavy atom. The minimum Gasteiger partial charge on any atom is -0.506 e. The number of hydrogen-bond donors (Lipinski definition) is 3. The number of hydrogen-bond acceptors (Lipinski definition) is 4. The Bertz CT molecular complexity index is 490. The van der Waals surface area contributed by atoms with Crippen LogP contribution in [0.3, 0.4) is 0 Å². The molecule has 5 nitrogen and oxygen atoms in total. The fraction of sp³-hybridized carbons (Fsp3) is 0.600. The molecule has 0 aliphatic heterocycles. The Morgan fingerprint density at radius 2 is 1.95 bits per heavy atom. The van der Waals surface area contributed by atoms with E-state index in [9.17, 15) is 15.0 Å². The molecule has 0 aromatic carbocycles. The number of amides is 1. The number of carbonyl (C=O) groups is 1. The molecule has 0 bridgehead atoms. The summed E-state index contributed by atoms with van der Waals surface area (Å²) in [5.74, 6) is -0.373. The van der Waals surface area contributed by atoms with Crippen molar-refractivity contribution in [1.82, 2.24) is 10.3 Å². The molecular weight excluding hydrogens is 256 g/mol. The summed E-state index contributed by atoms with van der Waals surface area (Å²) in [5, 5.41) is 22.5. The van der Waals surface area contributed by atoms with Gasteiger partial charge < -0.3 is 15.5 Å². The highest BCUT2D eigenvalue weighted by molar-refractivity contribution is 5.94. The van der Waals surface area contributed by atoms with Crippen molar-refractivity contribution in [3.8, 4) is 5.75 Å². The minimum absolute atomic E-state index is 0.0456. The van der Waals surface area contributed by atoms with E-state index < -0.39 is 5.60 Å². The van der Waals surface area contributed by atoms with E-state index in [1.54, 1.807) is 0 Å². The maximum atomic E-state index is 11.9. The van der Waals surface area contributed by atoms with E-state index in [4.69, 9.17) is 0 Å². The van der Waals surface area contributed by atoms with Gasteiger partial charge in [-0.2, -0.15) is 0 Å². The van der Waals surface area contributed by atoms with Crippen molar-refractivity contribution in [2.45, 2.75) is 45.1 Å². The monoisotopic (exact) mass is 278 g/mol. The molecule has 110 valence electrons. The zero-order chi connectivity index (χ0) is 14.8. The van der Waals surface area contributed by atoms with Gasteiger partial charge >= 0.3 is 0 Å². The summed E-state index contributed by atoms with van der Waals surface area (Å²) < 4.78 is 0. The fourth-order valence-electron chi connectivity index (χ4n) is 2.47. The molecule has 3 N–H and O–H groups in total. The van der Waals surface area contributed by atoms with Crippen LogP contribution in [-0.2, 0) is 0 Å². The predicted molar refractivity (Wildman–Crippen MR) is 75.4 cm³/mol. The van der Waals surface area contributed by atoms with Crippen LogP contribution in [0.2, 0.25) is 0 Å². The Morgan fingerprint density at radius 3 is 2.55 bits per heavy atom. The summed E-state index contributed by atoms with van der Waals surface area (Å²) in [7, 11) is 0. The molecule has 5 heteroatoms. The molecule has 1 aliphatic carbocycles.